The van der Waals surface area contributed by atoms with Gasteiger partial charge in [-0.15, -0.1) is 0 Å². The van der Waals surface area contributed by atoms with Crippen LogP contribution in [0, 0.1) is 5.92 Å². The number of rotatable bonds is 7. The lowest BCUT2D eigenvalue weighted by Gasteiger charge is -2.22. The molecule has 0 saturated heterocycles. The highest BCUT2D eigenvalue weighted by molar-refractivity contribution is 5.78. The predicted molar refractivity (Wildman–Crippen MR) is 61.5 cm³/mol. The van der Waals surface area contributed by atoms with Gasteiger partial charge in [-0.3, -0.25) is 9.69 Å². The molecule has 0 spiro atoms. The first-order valence-electron chi connectivity index (χ1n) is 5.87. The summed E-state index contributed by atoms with van der Waals surface area (Å²) in [7, 11) is 0. The maximum Gasteiger partial charge on any atom is 0.234 e. The number of nitrogens with one attached hydrogen (secondary N) is 1. The third kappa shape index (κ3) is 5.14. The molecule has 0 heterocycles. The van der Waals surface area contributed by atoms with E-state index >= 15 is 0 Å². The number of hydrogen-bond donors (Lipinski definition) is 2. The summed E-state index contributed by atoms with van der Waals surface area (Å²) in [6, 6.07) is 0.461. The number of nitrogens with two attached hydrogens (primary N) is 1. The second-order valence-electron chi connectivity index (χ2n) is 4.51. The maximum absolute atomic E-state index is 11.5. The van der Waals surface area contributed by atoms with Crippen LogP contribution in [0.4, 0.5) is 0 Å². The second-order valence-corrected chi connectivity index (χ2v) is 4.51. The summed E-state index contributed by atoms with van der Waals surface area (Å²) in [4.78, 5) is 13.7. The summed E-state index contributed by atoms with van der Waals surface area (Å²) in [5.74, 6) is 0.613. The first-order valence-corrected chi connectivity index (χ1v) is 5.87. The Kier molecular flexibility index (Phi) is 5.05. The molecule has 0 aromatic rings. The van der Waals surface area contributed by atoms with Crippen molar-refractivity contribution in [1.82, 2.24) is 10.2 Å². The van der Waals surface area contributed by atoms with E-state index in [1.165, 1.54) is 0 Å². The quantitative estimate of drug-likeness (QED) is 0.634. The van der Waals surface area contributed by atoms with Gasteiger partial charge in [0.15, 0.2) is 0 Å². The lowest BCUT2D eigenvalue weighted by molar-refractivity contribution is -0.122. The van der Waals surface area contributed by atoms with Crippen molar-refractivity contribution in [2.75, 3.05) is 26.2 Å². The van der Waals surface area contributed by atoms with E-state index in [4.69, 9.17) is 5.73 Å². The maximum atomic E-state index is 11.5. The van der Waals surface area contributed by atoms with Crippen LogP contribution in [0.1, 0.15) is 26.7 Å². The van der Waals surface area contributed by atoms with Crippen LogP contribution >= 0.6 is 0 Å². The minimum Gasteiger partial charge on any atom is -0.352 e. The van der Waals surface area contributed by atoms with Crippen LogP contribution in [-0.4, -0.2) is 43.0 Å². The lowest BCUT2D eigenvalue weighted by Crippen LogP contribution is -2.40. The normalized spacial score (nSPS) is 17.9. The van der Waals surface area contributed by atoms with E-state index in [0.29, 0.717) is 25.0 Å². The number of likely N-dealkylation sites (N-methyl/N-ethyl adjacent to an activating group) is 1. The van der Waals surface area contributed by atoms with Crippen molar-refractivity contribution in [2.45, 2.75) is 32.7 Å². The largest absolute Gasteiger partial charge is 0.352 e. The van der Waals surface area contributed by atoms with E-state index in [1.54, 1.807) is 0 Å². The van der Waals surface area contributed by atoms with E-state index in [9.17, 15) is 4.79 Å². The first-order chi connectivity index (χ1) is 7.15. The van der Waals surface area contributed by atoms with Gasteiger partial charge in [0.25, 0.3) is 0 Å². The van der Waals surface area contributed by atoms with E-state index in [2.05, 4.69) is 24.1 Å². The van der Waals surface area contributed by atoms with Crippen molar-refractivity contribution in [2.24, 2.45) is 11.7 Å². The fraction of sp³-hybridized carbons (Fsp3) is 0.909. The van der Waals surface area contributed by atoms with Crippen molar-refractivity contribution >= 4 is 5.91 Å². The zero-order chi connectivity index (χ0) is 11.3. The molecule has 15 heavy (non-hydrogen) atoms. The zero-order valence-electron chi connectivity index (χ0n) is 9.83. The fourth-order valence-corrected chi connectivity index (χ4v) is 1.52. The molecule has 0 bridgehead atoms. The van der Waals surface area contributed by atoms with Crippen molar-refractivity contribution in [1.29, 1.82) is 0 Å². The smallest absolute Gasteiger partial charge is 0.234 e. The lowest BCUT2D eigenvalue weighted by atomic mass is 10.1. The highest BCUT2D eigenvalue weighted by Crippen LogP contribution is 2.18. The second kappa shape index (κ2) is 6.08. The Morgan fingerprint density at radius 3 is 2.73 bits per heavy atom. The molecule has 4 heteroatoms. The van der Waals surface area contributed by atoms with Gasteiger partial charge < -0.3 is 11.1 Å². The van der Waals surface area contributed by atoms with Gasteiger partial charge in [-0.25, -0.2) is 0 Å². The fourth-order valence-electron chi connectivity index (χ4n) is 1.52. The van der Waals surface area contributed by atoms with Crippen LogP contribution < -0.4 is 11.1 Å². The molecular weight excluding hydrogens is 190 g/mol. The predicted octanol–water partition coefficient (Wildman–Crippen LogP) is 0.182. The summed E-state index contributed by atoms with van der Waals surface area (Å²) in [6.07, 6.45) is 2.30. The van der Waals surface area contributed by atoms with Crippen LogP contribution in [0.3, 0.4) is 0 Å². The molecule has 0 aromatic heterocycles. The molecule has 4 nitrogen and oxygen atoms in total. The molecule has 0 aliphatic heterocycles. The Hall–Kier alpha value is -0.610. The van der Waals surface area contributed by atoms with E-state index < -0.39 is 0 Å². The standard InChI is InChI=1S/C11H23N3O/c1-3-14(7-9(2)6-12)8-11(15)13-10-4-5-10/h9-10H,3-8,12H2,1-2H3,(H,13,15). The zero-order valence-corrected chi connectivity index (χ0v) is 9.83. The van der Waals surface area contributed by atoms with Gasteiger partial charge in [0.05, 0.1) is 6.54 Å². The highest BCUT2D eigenvalue weighted by Gasteiger charge is 2.23. The molecule has 1 amide bonds. The number of carbonyl (C=O) groups is 1. The Labute approximate surface area is 92.2 Å². The van der Waals surface area contributed by atoms with Crippen LogP contribution in [0.5, 0.6) is 0 Å². The molecule has 1 aliphatic carbocycles. The van der Waals surface area contributed by atoms with Gasteiger partial charge in [0.2, 0.25) is 5.91 Å². The summed E-state index contributed by atoms with van der Waals surface area (Å²) in [5, 5.41) is 3.00. The minimum atomic E-state index is 0.156. The van der Waals surface area contributed by atoms with Crippen molar-refractivity contribution < 1.29 is 4.79 Å². The number of nitrogens with zero attached hydrogens (tertiary/aromatic N) is 1. The van der Waals surface area contributed by atoms with Crippen LogP contribution in [0.25, 0.3) is 0 Å². The molecule has 3 N–H and O–H groups in total. The van der Waals surface area contributed by atoms with Gasteiger partial charge in [0.1, 0.15) is 0 Å². The third-order valence-corrected chi connectivity index (χ3v) is 2.73. The summed E-state index contributed by atoms with van der Waals surface area (Å²) >= 11 is 0. The molecule has 1 aliphatic rings. The molecule has 1 saturated carbocycles. The molecule has 0 radical (unpaired) electrons. The van der Waals surface area contributed by atoms with Crippen LogP contribution in [0.15, 0.2) is 0 Å². The van der Waals surface area contributed by atoms with Crippen LogP contribution in [0.2, 0.25) is 0 Å². The molecular formula is C11H23N3O. The van der Waals surface area contributed by atoms with E-state index in [1.807, 2.05) is 0 Å². The average molecular weight is 213 g/mol. The van der Waals surface area contributed by atoms with Gasteiger partial charge in [0, 0.05) is 12.6 Å². The molecule has 1 fully saturated rings. The summed E-state index contributed by atoms with van der Waals surface area (Å²) in [5.41, 5.74) is 5.57. The topological polar surface area (TPSA) is 58.4 Å². The first kappa shape index (κ1) is 12.5. The number of carbonyl (C=O) groups excluding carboxylic acids is 1. The Morgan fingerprint density at radius 1 is 1.60 bits per heavy atom. The SMILES string of the molecule is CCN(CC(=O)NC1CC1)CC(C)CN. The van der Waals surface area contributed by atoms with Crippen molar-refractivity contribution in [3.63, 3.8) is 0 Å². The average Bonchev–Trinajstić information content (AvgIpc) is 3.00. The van der Waals surface area contributed by atoms with Gasteiger partial charge in [-0.2, -0.15) is 0 Å². The van der Waals surface area contributed by atoms with Crippen molar-refractivity contribution in [3.8, 4) is 0 Å². The number of amides is 1. The van der Waals surface area contributed by atoms with Gasteiger partial charge in [-0.1, -0.05) is 13.8 Å². The Morgan fingerprint density at radius 2 is 2.27 bits per heavy atom. The molecule has 1 atom stereocenters. The van der Waals surface area contributed by atoms with E-state index in [0.717, 1.165) is 25.9 Å². The van der Waals surface area contributed by atoms with E-state index in [-0.39, 0.29) is 5.91 Å². The van der Waals surface area contributed by atoms with Crippen LogP contribution in [-0.2, 0) is 4.79 Å². The monoisotopic (exact) mass is 213 g/mol. The molecule has 1 rings (SSSR count). The van der Waals surface area contributed by atoms with Gasteiger partial charge in [-0.05, 0) is 31.8 Å². The third-order valence-electron chi connectivity index (χ3n) is 2.73. The molecule has 88 valence electrons. The Bertz CT molecular complexity index is 204. The molecule has 0 aromatic carbocycles. The number of hydrogen-bond acceptors (Lipinski definition) is 3. The highest BCUT2D eigenvalue weighted by atomic mass is 16.2. The van der Waals surface area contributed by atoms with Crippen molar-refractivity contribution in [3.05, 3.63) is 0 Å². The summed E-state index contributed by atoms with van der Waals surface area (Å²) in [6.45, 7) is 7.20. The Balaban J connectivity index is 2.21. The molecule has 1 unspecified atom stereocenters. The minimum absolute atomic E-state index is 0.156. The van der Waals surface area contributed by atoms with Gasteiger partial charge >= 0.3 is 0 Å². The summed E-state index contributed by atoms with van der Waals surface area (Å²) < 4.78 is 0.